The number of fused-ring (bicyclic) bond motifs is 2. The van der Waals surface area contributed by atoms with Crippen LogP contribution in [0.2, 0.25) is 0 Å². The van der Waals surface area contributed by atoms with Crippen LogP contribution in [-0.4, -0.2) is 21.5 Å². The largest absolute Gasteiger partial charge is 0.497 e. The maximum atomic E-state index is 12.5. The number of aryl methyl sites for hydroxylation is 1. The van der Waals surface area contributed by atoms with E-state index in [9.17, 15) is 4.79 Å². The third-order valence-electron chi connectivity index (χ3n) is 5.31. The van der Waals surface area contributed by atoms with Crippen molar-refractivity contribution in [3.05, 3.63) is 101 Å². The number of aromatic nitrogens is 3. The fraction of sp³-hybridized carbons (Fsp3) is 0.115. The Bertz CT molecular complexity index is 1500. The number of hydrogen-bond donors (Lipinski definition) is 0. The van der Waals surface area contributed by atoms with Crippen LogP contribution in [0.3, 0.4) is 0 Å². The summed E-state index contributed by atoms with van der Waals surface area (Å²) in [5.74, 6) is 1.32. The summed E-state index contributed by atoms with van der Waals surface area (Å²) in [6, 6.07) is 23.8. The van der Waals surface area contributed by atoms with Gasteiger partial charge in [0.2, 0.25) is 0 Å². The summed E-state index contributed by atoms with van der Waals surface area (Å²) in [4.78, 5) is 22.0. The highest BCUT2D eigenvalue weighted by atomic mass is 32.2. The van der Waals surface area contributed by atoms with Crippen LogP contribution in [0, 0.1) is 6.92 Å². The molecule has 0 fully saturated rings. The molecule has 0 radical (unpaired) electrons. The highest BCUT2D eigenvalue weighted by molar-refractivity contribution is 7.98. The van der Waals surface area contributed by atoms with Crippen molar-refractivity contribution in [3.63, 3.8) is 0 Å². The van der Waals surface area contributed by atoms with E-state index >= 15 is 0 Å². The predicted octanol–water partition coefficient (Wildman–Crippen LogP) is 5.52. The van der Waals surface area contributed by atoms with Gasteiger partial charge in [-0.25, -0.2) is 9.97 Å². The fourth-order valence-electron chi connectivity index (χ4n) is 3.72. The second kappa shape index (κ2) is 8.48. The maximum Gasteiger partial charge on any atom is 0.258 e. The molecule has 0 unspecified atom stereocenters. The van der Waals surface area contributed by atoms with E-state index in [2.05, 4.69) is 23.2 Å². The number of nitrogens with zero attached hydrogens (tertiary/aromatic N) is 3. The minimum Gasteiger partial charge on any atom is -0.497 e. The molecule has 6 heteroatoms. The van der Waals surface area contributed by atoms with E-state index in [1.165, 1.54) is 0 Å². The second-order valence-corrected chi connectivity index (χ2v) is 8.56. The summed E-state index contributed by atoms with van der Waals surface area (Å²) >= 11 is 1.57. The first-order valence-corrected chi connectivity index (χ1v) is 11.3. The molecule has 3 heterocycles. The summed E-state index contributed by atoms with van der Waals surface area (Å²) in [6.07, 6.45) is 1.81. The van der Waals surface area contributed by atoms with Crippen LogP contribution in [-0.2, 0) is 5.75 Å². The highest BCUT2D eigenvalue weighted by Gasteiger charge is 2.11. The molecule has 0 N–H and O–H groups in total. The number of benzene rings is 2. The van der Waals surface area contributed by atoms with Crippen LogP contribution in [0.4, 0.5) is 0 Å². The third kappa shape index (κ3) is 3.97. The molecule has 3 aromatic heterocycles. The van der Waals surface area contributed by atoms with E-state index < -0.39 is 0 Å². The van der Waals surface area contributed by atoms with Gasteiger partial charge in [0.1, 0.15) is 11.4 Å². The monoisotopic (exact) mass is 439 g/mol. The first kappa shape index (κ1) is 20.3. The minimum atomic E-state index is -0.0736. The Morgan fingerprint density at radius 3 is 2.62 bits per heavy atom. The lowest BCUT2D eigenvalue weighted by Crippen LogP contribution is -2.15. The van der Waals surface area contributed by atoms with Gasteiger partial charge in [0.15, 0.2) is 0 Å². The van der Waals surface area contributed by atoms with Crippen molar-refractivity contribution < 1.29 is 4.74 Å². The Morgan fingerprint density at radius 2 is 1.81 bits per heavy atom. The smallest absolute Gasteiger partial charge is 0.258 e. The van der Waals surface area contributed by atoms with E-state index in [0.29, 0.717) is 11.4 Å². The Hall–Kier alpha value is -3.64. The maximum absolute atomic E-state index is 12.5. The molecule has 0 aliphatic rings. The number of ether oxygens (including phenoxy) is 1. The van der Waals surface area contributed by atoms with Gasteiger partial charge in [-0.05, 0) is 47.9 Å². The van der Waals surface area contributed by atoms with Crippen molar-refractivity contribution in [1.29, 1.82) is 0 Å². The topological polar surface area (TPSA) is 56.5 Å². The van der Waals surface area contributed by atoms with Crippen molar-refractivity contribution in [2.45, 2.75) is 17.7 Å². The average molecular weight is 440 g/mol. The molecule has 0 bridgehead atoms. The van der Waals surface area contributed by atoms with Crippen LogP contribution in [0.5, 0.6) is 5.75 Å². The molecule has 0 saturated heterocycles. The minimum absolute atomic E-state index is 0.0736. The molecule has 5 aromatic rings. The molecule has 5 rings (SSSR count). The van der Waals surface area contributed by atoms with Crippen LogP contribution >= 0.6 is 11.8 Å². The van der Waals surface area contributed by atoms with Crippen LogP contribution in [0.25, 0.3) is 27.7 Å². The SMILES string of the molecule is COc1ccc2c(-c3ccccc3)cc(SCc3cc(=O)n4cc(C)ccc4n3)nc2c1. The van der Waals surface area contributed by atoms with E-state index in [1.807, 2.05) is 61.7 Å². The summed E-state index contributed by atoms with van der Waals surface area (Å²) < 4.78 is 6.99. The Kier molecular flexibility index (Phi) is 5.37. The van der Waals surface area contributed by atoms with Crippen molar-refractivity contribution >= 4 is 28.3 Å². The highest BCUT2D eigenvalue weighted by Crippen LogP contribution is 2.34. The van der Waals surface area contributed by atoms with Gasteiger partial charge in [-0.1, -0.05) is 48.2 Å². The number of rotatable bonds is 5. The van der Waals surface area contributed by atoms with Crippen molar-refractivity contribution in [2.24, 2.45) is 0 Å². The quantitative estimate of drug-likeness (QED) is 0.338. The molecule has 0 spiro atoms. The normalized spacial score (nSPS) is 11.2. The molecule has 0 aliphatic carbocycles. The molecule has 5 nitrogen and oxygen atoms in total. The summed E-state index contributed by atoms with van der Waals surface area (Å²) in [7, 11) is 1.66. The summed E-state index contributed by atoms with van der Waals surface area (Å²) in [5, 5.41) is 1.94. The van der Waals surface area contributed by atoms with Crippen LogP contribution < -0.4 is 10.3 Å². The van der Waals surface area contributed by atoms with Gasteiger partial charge in [-0.3, -0.25) is 9.20 Å². The lowest BCUT2D eigenvalue weighted by atomic mass is 10.0. The molecule has 0 aliphatic heterocycles. The lowest BCUT2D eigenvalue weighted by molar-refractivity contribution is 0.415. The molecule has 0 amide bonds. The molecule has 158 valence electrons. The van der Waals surface area contributed by atoms with Crippen molar-refractivity contribution in [1.82, 2.24) is 14.4 Å². The first-order chi connectivity index (χ1) is 15.6. The van der Waals surface area contributed by atoms with Gasteiger partial charge in [-0.15, -0.1) is 0 Å². The number of hydrogen-bond acceptors (Lipinski definition) is 5. The first-order valence-electron chi connectivity index (χ1n) is 10.3. The van der Waals surface area contributed by atoms with Gasteiger partial charge in [-0.2, -0.15) is 0 Å². The van der Waals surface area contributed by atoms with Gasteiger partial charge in [0, 0.05) is 29.5 Å². The number of pyridine rings is 2. The van der Waals surface area contributed by atoms with Gasteiger partial charge < -0.3 is 4.74 Å². The Balaban J connectivity index is 1.53. The molecule has 2 aromatic carbocycles. The van der Waals surface area contributed by atoms with E-state index in [4.69, 9.17) is 9.72 Å². The van der Waals surface area contributed by atoms with E-state index in [1.54, 1.807) is 29.3 Å². The van der Waals surface area contributed by atoms with Gasteiger partial charge in [0.25, 0.3) is 5.56 Å². The lowest BCUT2D eigenvalue weighted by Gasteiger charge is -2.11. The molecule has 32 heavy (non-hydrogen) atoms. The third-order valence-corrected chi connectivity index (χ3v) is 6.25. The van der Waals surface area contributed by atoms with Crippen molar-refractivity contribution in [3.8, 4) is 16.9 Å². The van der Waals surface area contributed by atoms with Crippen molar-refractivity contribution in [2.75, 3.05) is 7.11 Å². The summed E-state index contributed by atoms with van der Waals surface area (Å²) in [5.41, 5.74) is 5.45. The fourth-order valence-corrected chi connectivity index (χ4v) is 4.53. The zero-order valence-electron chi connectivity index (χ0n) is 17.8. The molecular weight excluding hydrogens is 418 g/mol. The molecule has 0 saturated carbocycles. The summed E-state index contributed by atoms with van der Waals surface area (Å²) in [6.45, 7) is 1.96. The van der Waals surface area contributed by atoms with Gasteiger partial charge in [0.05, 0.1) is 23.3 Å². The molecular formula is C26H21N3O2S. The van der Waals surface area contributed by atoms with E-state index in [0.717, 1.165) is 44.1 Å². The Labute approximate surface area is 189 Å². The molecule has 0 atom stereocenters. The zero-order valence-corrected chi connectivity index (χ0v) is 18.6. The average Bonchev–Trinajstić information content (AvgIpc) is 2.83. The second-order valence-electron chi connectivity index (χ2n) is 7.57. The Morgan fingerprint density at radius 1 is 0.969 bits per heavy atom. The number of methoxy groups -OCH3 is 1. The predicted molar refractivity (Wildman–Crippen MR) is 129 cm³/mol. The van der Waals surface area contributed by atoms with Gasteiger partial charge >= 0.3 is 0 Å². The number of thioether (sulfide) groups is 1. The van der Waals surface area contributed by atoms with E-state index in [-0.39, 0.29) is 5.56 Å². The van der Waals surface area contributed by atoms with Crippen LogP contribution in [0.15, 0.2) is 88.8 Å². The van der Waals surface area contributed by atoms with Crippen LogP contribution in [0.1, 0.15) is 11.3 Å². The zero-order chi connectivity index (χ0) is 22.1. The standard InChI is InChI=1S/C26H21N3O2S/c1-17-8-11-24-27-19(12-26(30)29(24)15-17)16-32-25-14-22(18-6-4-3-5-7-18)21-10-9-20(31-2)13-23(21)28-25/h3-15H,16H2,1-2H3.